The van der Waals surface area contributed by atoms with Crippen LogP contribution in [0.1, 0.15) is 5.56 Å². The van der Waals surface area contributed by atoms with Gasteiger partial charge in [0.05, 0.1) is 0 Å². The first kappa shape index (κ1) is 9.19. The summed E-state index contributed by atoms with van der Waals surface area (Å²) in [6.45, 7) is 0.868. The molecule has 1 aromatic carbocycles. The Morgan fingerprint density at radius 3 is 2.42 bits per heavy atom. The van der Waals surface area contributed by atoms with Gasteiger partial charge in [-0.25, -0.2) is 0 Å². The highest BCUT2D eigenvalue weighted by Gasteiger charge is 1.95. The number of rotatable bonds is 4. The summed E-state index contributed by atoms with van der Waals surface area (Å²) in [5.74, 6) is 0. The van der Waals surface area contributed by atoms with Crippen LogP contribution in [0.3, 0.4) is 0 Å². The Hall–Kier alpha value is -0.900. The van der Waals surface area contributed by atoms with E-state index in [1.807, 2.05) is 30.3 Å². The zero-order valence-corrected chi connectivity index (χ0v) is 6.77. The molecule has 0 aliphatic carbocycles. The molecule has 0 aromatic heterocycles. The molecule has 0 bridgehead atoms. The number of hydrogen-bond acceptors (Lipinski definition) is 3. The molecule has 0 aliphatic rings. The first-order valence-electron chi connectivity index (χ1n) is 3.90. The lowest BCUT2D eigenvalue weighted by molar-refractivity contribution is -0.0373. The van der Waals surface area contributed by atoms with Gasteiger partial charge in [0.15, 0.2) is 6.29 Å². The fourth-order valence-electron chi connectivity index (χ4n) is 0.941. The molecule has 0 radical (unpaired) electrons. The van der Waals surface area contributed by atoms with Crippen molar-refractivity contribution in [3.05, 3.63) is 35.9 Å². The van der Waals surface area contributed by atoms with Crippen molar-refractivity contribution < 1.29 is 10.2 Å². The number of aliphatic hydroxyl groups is 2. The van der Waals surface area contributed by atoms with Crippen molar-refractivity contribution in [3.8, 4) is 0 Å². The van der Waals surface area contributed by atoms with Crippen molar-refractivity contribution in [1.29, 1.82) is 0 Å². The topological polar surface area (TPSA) is 52.5 Å². The monoisotopic (exact) mass is 167 g/mol. The van der Waals surface area contributed by atoms with E-state index in [2.05, 4.69) is 5.32 Å². The third-order valence-corrected chi connectivity index (χ3v) is 1.50. The van der Waals surface area contributed by atoms with E-state index in [0.29, 0.717) is 6.54 Å². The molecule has 0 saturated carbocycles. The lowest BCUT2D eigenvalue weighted by atomic mass is 10.2. The van der Waals surface area contributed by atoms with Gasteiger partial charge < -0.3 is 15.5 Å². The predicted octanol–water partition coefficient (Wildman–Crippen LogP) is 0.0869. The van der Waals surface area contributed by atoms with Crippen LogP contribution in [-0.2, 0) is 6.54 Å². The first-order valence-corrected chi connectivity index (χ1v) is 3.90. The van der Waals surface area contributed by atoms with Crippen LogP contribution in [0.4, 0.5) is 0 Å². The van der Waals surface area contributed by atoms with E-state index in [-0.39, 0.29) is 6.54 Å². The molecule has 12 heavy (non-hydrogen) atoms. The zero-order chi connectivity index (χ0) is 8.81. The normalized spacial score (nSPS) is 10.6. The maximum Gasteiger partial charge on any atom is 0.164 e. The van der Waals surface area contributed by atoms with Crippen LogP contribution in [-0.4, -0.2) is 23.0 Å². The standard InChI is InChI=1S/C9H13NO2/c11-9(12)7-10-6-8-4-2-1-3-5-8/h1-5,9-12H,6-7H2. The summed E-state index contributed by atoms with van der Waals surface area (Å²) in [4.78, 5) is 0. The quantitative estimate of drug-likeness (QED) is 0.557. The summed E-state index contributed by atoms with van der Waals surface area (Å²) in [6.07, 6.45) is -1.27. The molecule has 0 saturated heterocycles. The van der Waals surface area contributed by atoms with Gasteiger partial charge in [-0.05, 0) is 5.56 Å². The van der Waals surface area contributed by atoms with Gasteiger partial charge in [-0.15, -0.1) is 0 Å². The van der Waals surface area contributed by atoms with E-state index >= 15 is 0 Å². The molecule has 0 fully saturated rings. The van der Waals surface area contributed by atoms with E-state index in [9.17, 15) is 0 Å². The van der Waals surface area contributed by atoms with Gasteiger partial charge in [0, 0.05) is 13.1 Å². The summed E-state index contributed by atoms with van der Waals surface area (Å²) in [7, 11) is 0. The fourth-order valence-corrected chi connectivity index (χ4v) is 0.941. The molecule has 3 N–H and O–H groups in total. The Labute approximate surface area is 71.7 Å². The Bertz CT molecular complexity index is 211. The summed E-state index contributed by atoms with van der Waals surface area (Å²) >= 11 is 0. The molecule has 1 rings (SSSR count). The van der Waals surface area contributed by atoms with Gasteiger partial charge in [-0.2, -0.15) is 0 Å². The largest absolute Gasteiger partial charge is 0.367 e. The van der Waals surface area contributed by atoms with Crippen molar-refractivity contribution >= 4 is 0 Å². The Morgan fingerprint density at radius 2 is 1.83 bits per heavy atom. The van der Waals surface area contributed by atoms with Crippen molar-refractivity contribution in [2.75, 3.05) is 6.54 Å². The molecule has 0 spiro atoms. The number of nitrogens with one attached hydrogen (secondary N) is 1. The first-order chi connectivity index (χ1) is 5.79. The van der Waals surface area contributed by atoms with Crippen LogP contribution in [0.25, 0.3) is 0 Å². The van der Waals surface area contributed by atoms with Crippen molar-refractivity contribution in [3.63, 3.8) is 0 Å². The minimum Gasteiger partial charge on any atom is -0.367 e. The van der Waals surface area contributed by atoms with Gasteiger partial charge in [0.25, 0.3) is 0 Å². The van der Waals surface area contributed by atoms with Gasteiger partial charge in [0.1, 0.15) is 0 Å². The fraction of sp³-hybridized carbons (Fsp3) is 0.333. The maximum absolute atomic E-state index is 8.52. The average molecular weight is 167 g/mol. The van der Waals surface area contributed by atoms with Crippen LogP contribution < -0.4 is 5.32 Å². The zero-order valence-electron chi connectivity index (χ0n) is 6.77. The van der Waals surface area contributed by atoms with E-state index in [0.717, 1.165) is 5.56 Å². The summed E-state index contributed by atoms with van der Waals surface area (Å²) in [6, 6.07) is 9.82. The van der Waals surface area contributed by atoms with Gasteiger partial charge in [-0.3, -0.25) is 0 Å². The minimum atomic E-state index is -1.27. The molecular weight excluding hydrogens is 154 g/mol. The molecule has 0 heterocycles. The molecular formula is C9H13NO2. The van der Waals surface area contributed by atoms with E-state index < -0.39 is 6.29 Å². The summed E-state index contributed by atoms with van der Waals surface area (Å²) in [5.41, 5.74) is 1.14. The van der Waals surface area contributed by atoms with Crippen LogP contribution in [0.15, 0.2) is 30.3 Å². The third-order valence-electron chi connectivity index (χ3n) is 1.50. The number of aliphatic hydroxyl groups excluding tert-OH is 1. The third kappa shape index (κ3) is 3.48. The number of benzene rings is 1. The molecule has 66 valence electrons. The predicted molar refractivity (Wildman–Crippen MR) is 46.4 cm³/mol. The highest BCUT2D eigenvalue weighted by Crippen LogP contribution is 1.96. The molecule has 0 aliphatic heterocycles. The second kappa shape index (κ2) is 4.87. The Kier molecular flexibility index (Phi) is 3.73. The van der Waals surface area contributed by atoms with Gasteiger partial charge in [0.2, 0.25) is 0 Å². The Balaban J connectivity index is 2.25. The van der Waals surface area contributed by atoms with E-state index in [4.69, 9.17) is 10.2 Å². The Morgan fingerprint density at radius 1 is 1.17 bits per heavy atom. The van der Waals surface area contributed by atoms with Crippen LogP contribution in [0.5, 0.6) is 0 Å². The minimum absolute atomic E-state index is 0.203. The number of hydrogen-bond donors (Lipinski definition) is 3. The van der Waals surface area contributed by atoms with E-state index in [1.54, 1.807) is 0 Å². The van der Waals surface area contributed by atoms with Gasteiger partial charge >= 0.3 is 0 Å². The second-order valence-corrected chi connectivity index (χ2v) is 2.60. The lowest BCUT2D eigenvalue weighted by Crippen LogP contribution is -2.25. The van der Waals surface area contributed by atoms with Crippen LogP contribution in [0.2, 0.25) is 0 Å². The lowest BCUT2D eigenvalue weighted by Gasteiger charge is -2.05. The molecule has 1 aromatic rings. The highest BCUT2D eigenvalue weighted by atomic mass is 16.5. The molecule has 0 atom stereocenters. The second-order valence-electron chi connectivity index (χ2n) is 2.60. The van der Waals surface area contributed by atoms with Crippen LogP contribution in [0, 0.1) is 0 Å². The van der Waals surface area contributed by atoms with E-state index in [1.165, 1.54) is 0 Å². The highest BCUT2D eigenvalue weighted by molar-refractivity contribution is 5.14. The van der Waals surface area contributed by atoms with Gasteiger partial charge in [-0.1, -0.05) is 30.3 Å². The van der Waals surface area contributed by atoms with Crippen molar-refractivity contribution in [2.24, 2.45) is 0 Å². The van der Waals surface area contributed by atoms with Crippen LogP contribution >= 0.6 is 0 Å². The SMILES string of the molecule is OC(O)CNCc1ccccc1. The molecule has 0 amide bonds. The summed E-state index contributed by atoms with van der Waals surface area (Å²) < 4.78 is 0. The summed E-state index contributed by atoms with van der Waals surface area (Å²) in [5, 5.41) is 19.9. The van der Waals surface area contributed by atoms with Crippen molar-refractivity contribution in [2.45, 2.75) is 12.8 Å². The average Bonchev–Trinajstić information content (AvgIpc) is 2.05. The smallest absolute Gasteiger partial charge is 0.164 e. The molecule has 3 heteroatoms. The molecule has 0 unspecified atom stereocenters. The van der Waals surface area contributed by atoms with Crippen molar-refractivity contribution in [1.82, 2.24) is 5.32 Å². The molecule has 3 nitrogen and oxygen atoms in total. The maximum atomic E-state index is 8.52.